The fourth-order valence-corrected chi connectivity index (χ4v) is 5.14. The van der Waals surface area contributed by atoms with Gasteiger partial charge in [0.2, 0.25) is 5.91 Å². The Labute approximate surface area is 196 Å². The Morgan fingerprint density at radius 3 is 2.44 bits per heavy atom. The Bertz CT molecular complexity index is 964. The van der Waals surface area contributed by atoms with E-state index in [2.05, 4.69) is 28.4 Å². The van der Waals surface area contributed by atoms with Gasteiger partial charge >= 0.3 is 0 Å². The first-order chi connectivity index (χ1) is 15.6. The van der Waals surface area contributed by atoms with Crippen LogP contribution in [0, 0.1) is 17.2 Å². The van der Waals surface area contributed by atoms with Crippen molar-refractivity contribution in [1.82, 2.24) is 9.80 Å². The first-order valence-corrected chi connectivity index (χ1v) is 12.0. The van der Waals surface area contributed by atoms with Gasteiger partial charge in [-0.2, -0.15) is 5.26 Å². The molecule has 1 amide bonds. The molecule has 1 saturated heterocycles. The largest absolute Gasteiger partial charge is 0.338 e. The summed E-state index contributed by atoms with van der Waals surface area (Å²) in [5.74, 6) is 0.826. The Kier molecular flexibility index (Phi) is 7.39. The Morgan fingerprint density at radius 2 is 1.75 bits per heavy atom. The number of nitrogens with one attached hydrogen (secondary N) is 1. The topological polar surface area (TPSA) is 59.4 Å². The van der Waals surface area contributed by atoms with Crippen LogP contribution in [0.4, 0.5) is 5.69 Å². The van der Waals surface area contributed by atoms with E-state index in [-0.39, 0.29) is 11.9 Å². The minimum absolute atomic E-state index is 0.0126. The molecule has 6 heteroatoms. The van der Waals surface area contributed by atoms with Crippen LogP contribution in [0.3, 0.4) is 0 Å². The van der Waals surface area contributed by atoms with Gasteiger partial charge in [-0.05, 0) is 60.8 Å². The van der Waals surface area contributed by atoms with Gasteiger partial charge < -0.3 is 15.1 Å². The van der Waals surface area contributed by atoms with E-state index in [1.807, 2.05) is 35.2 Å². The Morgan fingerprint density at radius 1 is 1.03 bits per heavy atom. The molecule has 0 bridgehead atoms. The summed E-state index contributed by atoms with van der Waals surface area (Å²) in [6, 6.07) is 19.7. The number of piperazine rings is 1. The number of hydrogen-bond donors (Lipinski definition) is 1. The molecule has 2 fully saturated rings. The highest BCUT2D eigenvalue weighted by molar-refractivity contribution is 7.80. The Hall–Kier alpha value is -2.91. The molecule has 2 aromatic carbocycles. The quantitative estimate of drug-likeness (QED) is 0.661. The first kappa shape index (κ1) is 22.3. The summed E-state index contributed by atoms with van der Waals surface area (Å²) < 4.78 is 0. The second-order valence-electron chi connectivity index (χ2n) is 8.79. The molecule has 1 heterocycles. The van der Waals surface area contributed by atoms with E-state index < -0.39 is 0 Å². The first-order valence-electron chi connectivity index (χ1n) is 11.5. The van der Waals surface area contributed by atoms with Crippen molar-refractivity contribution in [2.24, 2.45) is 5.92 Å². The monoisotopic (exact) mass is 446 g/mol. The highest BCUT2D eigenvalue weighted by Gasteiger charge is 2.33. The van der Waals surface area contributed by atoms with Gasteiger partial charge in [0.15, 0.2) is 5.11 Å². The molecule has 2 aliphatic rings. The average Bonchev–Trinajstić information content (AvgIpc) is 2.85. The molecule has 1 aliphatic carbocycles. The second kappa shape index (κ2) is 10.6. The average molecular weight is 447 g/mol. The highest BCUT2D eigenvalue weighted by atomic mass is 32.1. The molecule has 0 aromatic heterocycles. The summed E-state index contributed by atoms with van der Waals surface area (Å²) in [6.07, 6.45) is 6.87. The highest BCUT2D eigenvalue weighted by Crippen LogP contribution is 2.30. The second-order valence-corrected chi connectivity index (χ2v) is 9.17. The zero-order valence-electron chi connectivity index (χ0n) is 18.4. The van der Waals surface area contributed by atoms with Gasteiger partial charge in [-0.15, -0.1) is 0 Å². The molecular formula is C26H30N4OS. The number of nitriles is 1. The van der Waals surface area contributed by atoms with Gasteiger partial charge in [-0.1, -0.05) is 49.6 Å². The molecule has 4 rings (SSSR count). The van der Waals surface area contributed by atoms with E-state index in [1.165, 1.54) is 32.1 Å². The van der Waals surface area contributed by atoms with Gasteiger partial charge in [0.05, 0.1) is 17.7 Å². The van der Waals surface area contributed by atoms with Crippen molar-refractivity contribution >= 4 is 28.9 Å². The van der Waals surface area contributed by atoms with Crippen molar-refractivity contribution in [3.05, 3.63) is 65.7 Å². The number of amides is 1. The minimum atomic E-state index is 0.0126. The standard InChI is InChI=1S/C26H30N4OS/c27-18-21-11-13-23(14-12-21)28-26(32)30-16-15-29(19-24(30)22-9-5-2-6-10-22)25(31)17-20-7-3-1-4-8-20/h2,5-6,9-14,20,24H,1,3-4,7-8,15-17,19H2,(H,28,32). The van der Waals surface area contributed by atoms with Crippen LogP contribution < -0.4 is 5.32 Å². The minimum Gasteiger partial charge on any atom is -0.338 e. The smallest absolute Gasteiger partial charge is 0.222 e. The molecular weight excluding hydrogens is 416 g/mol. The number of hydrogen-bond acceptors (Lipinski definition) is 3. The van der Waals surface area contributed by atoms with E-state index in [1.54, 1.807) is 12.1 Å². The third kappa shape index (κ3) is 5.46. The maximum atomic E-state index is 13.1. The fraction of sp³-hybridized carbons (Fsp3) is 0.423. The molecule has 1 N–H and O–H groups in total. The molecule has 2 aromatic rings. The third-order valence-electron chi connectivity index (χ3n) is 6.63. The van der Waals surface area contributed by atoms with Crippen LogP contribution in [0.15, 0.2) is 54.6 Å². The zero-order chi connectivity index (χ0) is 22.3. The van der Waals surface area contributed by atoms with Crippen molar-refractivity contribution in [1.29, 1.82) is 5.26 Å². The summed E-state index contributed by atoms with van der Waals surface area (Å²) in [5.41, 5.74) is 2.64. The van der Waals surface area contributed by atoms with Gasteiger partial charge in [0.25, 0.3) is 0 Å². The SMILES string of the molecule is N#Cc1ccc(NC(=S)N2CCN(C(=O)CC3CCCCC3)CC2c2ccccc2)cc1. The summed E-state index contributed by atoms with van der Waals surface area (Å²) in [6.45, 7) is 2.02. The number of nitrogens with zero attached hydrogens (tertiary/aromatic N) is 3. The molecule has 0 radical (unpaired) electrons. The maximum absolute atomic E-state index is 13.1. The lowest BCUT2D eigenvalue weighted by Gasteiger charge is -2.43. The van der Waals surface area contributed by atoms with E-state index >= 15 is 0 Å². The van der Waals surface area contributed by atoms with Gasteiger partial charge in [0.1, 0.15) is 0 Å². The van der Waals surface area contributed by atoms with Crippen LogP contribution in [0.2, 0.25) is 0 Å². The van der Waals surface area contributed by atoms with Crippen LogP contribution in [0.5, 0.6) is 0 Å². The predicted molar refractivity (Wildman–Crippen MR) is 131 cm³/mol. The lowest BCUT2D eigenvalue weighted by Crippen LogP contribution is -2.53. The number of benzene rings is 2. The molecule has 32 heavy (non-hydrogen) atoms. The molecule has 1 aliphatic heterocycles. The number of thiocarbonyl (C=S) groups is 1. The maximum Gasteiger partial charge on any atom is 0.222 e. The zero-order valence-corrected chi connectivity index (χ0v) is 19.2. The van der Waals surface area contributed by atoms with E-state index in [9.17, 15) is 4.79 Å². The van der Waals surface area contributed by atoms with Crippen LogP contribution in [-0.4, -0.2) is 40.5 Å². The van der Waals surface area contributed by atoms with Crippen molar-refractivity contribution in [3.63, 3.8) is 0 Å². The van der Waals surface area contributed by atoms with Crippen LogP contribution in [0.25, 0.3) is 0 Å². The van der Waals surface area contributed by atoms with Crippen molar-refractivity contribution in [3.8, 4) is 6.07 Å². The van der Waals surface area contributed by atoms with Crippen LogP contribution >= 0.6 is 12.2 Å². The third-order valence-corrected chi connectivity index (χ3v) is 6.97. The predicted octanol–water partition coefficient (Wildman–Crippen LogP) is 5.11. The molecule has 1 unspecified atom stereocenters. The summed E-state index contributed by atoms with van der Waals surface area (Å²) >= 11 is 5.78. The van der Waals surface area contributed by atoms with E-state index in [4.69, 9.17) is 17.5 Å². The van der Waals surface area contributed by atoms with E-state index in [0.29, 0.717) is 42.6 Å². The number of rotatable bonds is 4. The molecule has 1 saturated carbocycles. The summed E-state index contributed by atoms with van der Waals surface area (Å²) in [4.78, 5) is 17.3. The lowest BCUT2D eigenvalue weighted by molar-refractivity contribution is -0.134. The van der Waals surface area contributed by atoms with E-state index in [0.717, 1.165) is 11.3 Å². The van der Waals surface area contributed by atoms with Gasteiger partial charge in [-0.25, -0.2) is 0 Å². The lowest BCUT2D eigenvalue weighted by atomic mass is 9.86. The molecule has 5 nitrogen and oxygen atoms in total. The van der Waals surface area contributed by atoms with Crippen molar-refractivity contribution in [2.75, 3.05) is 25.0 Å². The normalized spacial score (nSPS) is 19.3. The number of carbonyl (C=O) groups excluding carboxylic acids is 1. The summed E-state index contributed by atoms with van der Waals surface area (Å²) in [5, 5.41) is 13.0. The number of anilines is 1. The van der Waals surface area contributed by atoms with Crippen molar-refractivity contribution < 1.29 is 4.79 Å². The molecule has 0 spiro atoms. The van der Waals surface area contributed by atoms with Gasteiger partial charge in [0, 0.05) is 31.7 Å². The van der Waals surface area contributed by atoms with Gasteiger partial charge in [-0.3, -0.25) is 4.79 Å². The summed E-state index contributed by atoms with van der Waals surface area (Å²) in [7, 11) is 0. The van der Waals surface area contributed by atoms with Crippen LogP contribution in [0.1, 0.15) is 55.7 Å². The molecule has 1 atom stereocenters. The van der Waals surface area contributed by atoms with Crippen LogP contribution in [-0.2, 0) is 4.79 Å². The number of carbonyl (C=O) groups is 1. The van der Waals surface area contributed by atoms with Crippen molar-refractivity contribution in [2.45, 2.75) is 44.6 Å². The fourth-order valence-electron chi connectivity index (χ4n) is 4.80. The molecule has 166 valence electrons. The Balaban J connectivity index is 1.46.